The predicted octanol–water partition coefficient (Wildman–Crippen LogP) is 1.21. The van der Waals surface area contributed by atoms with Gasteiger partial charge in [-0.1, -0.05) is 11.6 Å². The van der Waals surface area contributed by atoms with E-state index < -0.39 is 11.9 Å². The van der Waals surface area contributed by atoms with Gasteiger partial charge in [0, 0.05) is 29.7 Å². The molecule has 20 heavy (non-hydrogen) atoms. The summed E-state index contributed by atoms with van der Waals surface area (Å²) >= 11 is 5.76. The first-order valence-corrected chi connectivity index (χ1v) is 6.82. The van der Waals surface area contributed by atoms with Gasteiger partial charge >= 0.3 is 0 Å². The van der Waals surface area contributed by atoms with E-state index in [2.05, 4.69) is 5.32 Å². The molecule has 1 aliphatic rings. The number of anilines is 1. The molecule has 1 fully saturated rings. The molecule has 1 N–H and O–H groups in total. The maximum absolute atomic E-state index is 12.2. The molecule has 0 saturated carbocycles. The Labute approximate surface area is 121 Å². The molecule has 1 aromatic carbocycles. The van der Waals surface area contributed by atoms with Crippen LogP contribution >= 0.6 is 11.6 Å². The number of carbonyl (C=O) groups is 2. The average molecular weight is 297 g/mol. The van der Waals surface area contributed by atoms with Crippen molar-refractivity contribution in [1.82, 2.24) is 0 Å². The van der Waals surface area contributed by atoms with Crippen LogP contribution in [0.1, 0.15) is 19.3 Å². The van der Waals surface area contributed by atoms with Gasteiger partial charge in [-0.2, -0.15) is 0 Å². The van der Waals surface area contributed by atoms with E-state index in [0.29, 0.717) is 23.7 Å². The fraction of sp³-hybridized carbons (Fsp3) is 0.429. The number of ether oxygens (including phenoxy) is 1. The van der Waals surface area contributed by atoms with Crippen molar-refractivity contribution in [3.8, 4) is 0 Å². The molecule has 5 nitrogen and oxygen atoms in total. The zero-order chi connectivity index (χ0) is 14.5. The highest BCUT2D eigenvalue weighted by molar-refractivity contribution is 6.30. The second-order valence-electron chi connectivity index (χ2n) is 4.73. The molecule has 1 aliphatic heterocycles. The number of amides is 1. The smallest absolute Gasteiger partial charge is 0.230 e. The molecule has 2 atom stereocenters. The monoisotopic (exact) mass is 296 g/mol. The zero-order valence-corrected chi connectivity index (χ0v) is 11.6. The number of benzene rings is 1. The van der Waals surface area contributed by atoms with Gasteiger partial charge < -0.3 is 20.0 Å². The van der Waals surface area contributed by atoms with Crippen molar-refractivity contribution in [3.63, 3.8) is 0 Å². The fourth-order valence-electron chi connectivity index (χ4n) is 2.26. The second kappa shape index (κ2) is 6.72. The summed E-state index contributed by atoms with van der Waals surface area (Å²) in [5.74, 6) is -2.36. The quantitative estimate of drug-likeness (QED) is 0.886. The van der Waals surface area contributed by atoms with E-state index in [9.17, 15) is 14.7 Å². The Morgan fingerprint density at radius 1 is 1.40 bits per heavy atom. The summed E-state index contributed by atoms with van der Waals surface area (Å²) in [5, 5.41) is 14.0. The Hall–Kier alpha value is -1.59. The van der Waals surface area contributed by atoms with E-state index in [1.165, 1.54) is 0 Å². The van der Waals surface area contributed by atoms with Crippen LogP contribution in [0.4, 0.5) is 5.69 Å². The molecule has 0 aromatic heterocycles. The van der Waals surface area contributed by atoms with Crippen molar-refractivity contribution in [2.45, 2.75) is 25.4 Å². The molecule has 1 saturated heterocycles. The van der Waals surface area contributed by atoms with Crippen LogP contribution in [0.25, 0.3) is 0 Å². The van der Waals surface area contributed by atoms with E-state index in [1.54, 1.807) is 24.3 Å². The largest absolute Gasteiger partial charge is 0.550 e. The number of carbonyl (C=O) groups excluding carboxylic acids is 2. The van der Waals surface area contributed by atoms with Gasteiger partial charge in [0.05, 0.1) is 12.0 Å². The second-order valence-corrected chi connectivity index (χ2v) is 5.17. The Morgan fingerprint density at radius 2 is 2.10 bits per heavy atom. The van der Waals surface area contributed by atoms with E-state index in [1.807, 2.05) is 0 Å². The number of carboxylic acid groups (broad SMARTS) is 1. The third kappa shape index (κ3) is 3.95. The Morgan fingerprint density at radius 3 is 2.65 bits per heavy atom. The molecule has 0 spiro atoms. The highest BCUT2D eigenvalue weighted by Crippen LogP contribution is 2.24. The highest BCUT2D eigenvalue weighted by atomic mass is 35.5. The van der Waals surface area contributed by atoms with Crippen LogP contribution in [0, 0.1) is 5.92 Å². The van der Waals surface area contributed by atoms with Crippen molar-refractivity contribution in [2.75, 3.05) is 11.9 Å². The number of aliphatic carboxylic acids is 1. The molecular weight excluding hydrogens is 282 g/mol. The summed E-state index contributed by atoms with van der Waals surface area (Å²) < 4.78 is 5.42. The Bertz CT molecular complexity index is 482. The standard InChI is InChI=1S/C14H16ClNO4/c15-9-3-5-10(6-4-9)16-14(19)11(8-13(17)18)12-2-1-7-20-12/h3-6,11-12H,1-2,7-8H2,(H,16,19)(H,17,18)/p-1/t11-,12-/m0/s1. The molecule has 0 radical (unpaired) electrons. The number of nitrogens with one attached hydrogen (secondary N) is 1. The lowest BCUT2D eigenvalue weighted by molar-refractivity contribution is -0.307. The van der Waals surface area contributed by atoms with E-state index >= 15 is 0 Å². The van der Waals surface area contributed by atoms with Crippen LogP contribution in [-0.4, -0.2) is 24.6 Å². The molecule has 6 heteroatoms. The first-order valence-electron chi connectivity index (χ1n) is 6.44. The number of carboxylic acids is 1. The molecule has 1 heterocycles. The van der Waals surface area contributed by atoms with Crippen molar-refractivity contribution in [1.29, 1.82) is 0 Å². The third-order valence-corrected chi connectivity index (χ3v) is 3.50. The number of hydrogen-bond acceptors (Lipinski definition) is 4. The first-order chi connectivity index (χ1) is 9.56. The van der Waals surface area contributed by atoms with Crippen LogP contribution in [-0.2, 0) is 14.3 Å². The lowest BCUT2D eigenvalue weighted by Gasteiger charge is -2.22. The van der Waals surface area contributed by atoms with E-state index in [0.717, 1.165) is 6.42 Å². The van der Waals surface area contributed by atoms with Gasteiger partial charge in [-0.05, 0) is 37.1 Å². The molecular formula is C14H15ClNO4-. The topological polar surface area (TPSA) is 78.5 Å². The summed E-state index contributed by atoms with van der Waals surface area (Å²) in [6, 6.07) is 6.62. The van der Waals surface area contributed by atoms with Gasteiger partial charge in [0.2, 0.25) is 5.91 Å². The SMILES string of the molecule is O=C([O-])C[C@H](C(=O)Nc1ccc(Cl)cc1)[C@@H]1CCCO1. The van der Waals surface area contributed by atoms with Crippen LogP contribution < -0.4 is 10.4 Å². The minimum Gasteiger partial charge on any atom is -0.550 e. The zero-order valence-electron chi connectivity index (χ0n) is 10.8. The van der Waals surface area contributed by atoms with Crippen molar-refractivity contribution in [3.05, 3.63) is 29.3 Å². The third-order valence-electron chi connectivity index (χ3n) is 3.25. The van der Waals surface area contributed by atoms with E-state index in [4.69, 9.17) is 16.3 Å². The van der Waals surface area contributed by atoms with Crippen molar-refractivity contribution >= 4 is 29.2 Å². The summed E-state index contributed by atoms with van der Waals surface area (Å²) in [7, 11) is 0. The van der Waals surface area contributed by atoms with Gasteiger partial charge in [0.25, 0.3) is 0 Å². The molecule has 2 rings (SSSR count). The molecule has 0 aliphatic carbocycles. The lowest BCUT2D eigenvalue weighted by atomic mass is 9.95. The van der Waals surface area contributed by atoms with Gasteiger partial charge in [-0.3, -0.25) is 4.79 Å². The van der Waals surface area contributed by atoms with Gasteiger partial charge in [0.1, 0.15) is 0 Å². The molecule has 0 bridgehead atoms. The predicted molar refractivity (Wildman–Crippen MR) is 72.2 cm³/mol. The maximum atomic E-state index is 12.2. The lowest BCUT2D eigenvalue weighted by Crippen LogP contribution is -2.38. The summed E-state index contributed by atoms with van der Waals surface area (Å²) in [6.45, 7) is 0.558. The minimum absolute atomic E-state index is 0.343. The summed E-state index contributed by atoms with van der Waals surface area (Å²) in [5.41, 5.74) is 0.570. The summed E-state index contributed by atoms with van der Waals surface area (Å²) in [4.78, 5) is 23.0. The number of rotatable bonds is 5. The molecule has 1 aromatic rings. The van der Waals surface area contributed by atoms with Crippen LogP contribution in [0.15, 0.2) is 24.3 Å². The van der Waals surface area contributed by atoms with Gasteiger partial charge in [0.15, 0.2) is 0 Å². The van der Waals surface area contributed by atoms with Crippen LogP contribution in [0.2, 0.25) is 5.02 Å². The fourth-order valence-corrected chi connectivity index (χ4v) is 2.39. The maximum Gasteiger partial charge on any atom is 0.230 e. The normalized spacial score (nSPS) is 19.6. The van der Waals surface area contributed by atoms with Crippen LogP contribution in [0.5, 0.6) is 0 Å². The molecule has 1 amide bonds. The number of halogens is 1. The molecule has 0 unspecified atom stereocenters. The average Bonchev–Trinajstić information content (AvgIpc) is 2.92. The van der Waals surface area contributed by atoms with Crippen molar-refractivity contribution < 1.29 is 19.4 Å². The van der Waals surface area contributed by atoms with Gasteiger partial charge in [-0.15, -0.1) is 0 Å². The van der Waals surface area contributed by atoms with E-state index in [-0.39, 0.29) is 18.4 Å². The Balaban J connectivity index is 2.05. The summed E-state index contributed by atoms with van der Waals surface area (Å²) in [6.07, 6.45) is 0.818. The Kier molecular flexibility index (Phi) is 4.98. The molecule has 108 valence electrons. The van der Waals surface area contributed by atoms with Crippen LogP contribution in [0.3, 0.4) is 0 Å². The number of hydrogen-bond donors (Lipinski definition) is 1. The highest BCUT2D eigenvalue weighted by Gasteiger charge is 2.31. The first kappa shape index (κ1) is 14.8. The van der Waals surface area contributed by atoms with Crippen molar-refractivity contribution in [2.24, 2.45) is 5.92 Å². The minimum atomic E-state index is -1.25. The van der Waals surface area contributed by atoms with Gasteiger partial charge in [-0.25, -0.2) is 0 Å².